The van der Waals surface area contributed by atoms with Gasteiger partial charge in [-0.25, -0.2) is 4.79 Å². The summed E-state index contributed by atoms with van der Waals surface area (Å²) in [6, 6.07) is 0.635. The minimum absolute atomic E-state index is 0.00479. The topological polar surface area (TPSA) is 84.6 Å². The predicted molar refractivity (Wildman–Crippen MR) is 60.6 cm³/mol. The molecule has 112 valence electrons. The number of halogens is 3. The van der Waals surface area contributed by atoms with Crippen molar-refractivity contribution in [3.05, 3.63) is 0 Å². The number of carboxylic acids is 1. The van der Waals surface area contributed by atoms with Crippen LogP contribution in [0.5, 0.6) is 0 Å². The highest BCUT2D eigenvalue weighted by atomic mass is 19.4. The number of urea groups is 1. The fourth-order valence-corrected chi connectivity index (χ4v) is 1.74. The van der Waals surface area contributed by atoms with Crippen molar-refractivity contribution < 1.29 is 27.9 Å². The predicted octanol–water partition coefficient (Wildman–Crippen LogP) is 1.43. The van der Waals surface area contributed by atoms with Gasteiger partial charge in [0.15, 0.2) is 0 Å². The third-order valence-electron chi connectivity index (χ3n) is 2.66. The summed E-state index contributed by atoms with van der Waals surface area (Å²) in [5.41, 5.74) is 0. The van der Waals surface area contributed by atoms with Crippen LogP contribution in [-0.2, 0) is 4.79 Å². The van der Waals surface area contributed by atoms with Gasteiger partial charge in [-0.15, -0.1) is 0 Å². The first-order chi connectivity index (χ1) is 9.24. The number of alkyl halides is 3. The summed E-state index contributed by atoms with van der Waals surface area (Å²) in [5, 5.41) is 17.1. The number of rotatable bonds is 6. The van der Waals surface area contributed by atoms with E-state index in [2.05, 4.69) is 0 Å². The fraction of sp³-hybridized carbons (Fsp3) is 0.727. The van der Waals surface area contributed by atoms with Crippen LogP contribution < -0.4 is 0 Å². The standard InChI is InChI=1S/C11H14F3N3O3/c12-11(13,14)7-16(6-9(18)19)10(20)17(5-1-4-15)8-2-3-8/h8H,1-3,5-7H2,(H,18,19). The molecule has 20 heavy (non-hydrogen) atoms. The largest absolute Gasteiger partial charge is 0.480 e. The Morgan fingerprint density at radius 1 is 1.35 bits per heavy atom. The van der Waals surface area contributed by atoms with Gasteiger partial charge in [0.1, 0.15) is 13.1 Å². The molecule has 0 heterocycles. The quantitative estimate of drug-likeness (QED) is 0.803. The Morgan fingerprint density at radius 2 is 1.95 bits per heavy atom. The molecule has 0 atom stereocenters. The summed E-state index contributed by atoms with van der Waals surface area (Å²) in [6.45, 7) is -2.63. The smallest absolute Gasteiger partial charge is 0.406 e. The van der Waals surface area contributed by atoms with Crippen LogP contribution in [0.4, 0.5) is 18.0 Å². The van der Waals surface area contributed by atoms with Gasteiger partial charge in [-0.3, -0.25) is 4.79 Å². The van der Waals surface area contributed by atoms with Crippen LogP contribution in [0.25, 0.3) is 0 Å². The highest BCUT2D eigenvalue weighted by Crippen LogP contribution is 2.28. The summed E-state index contributed by atoms with van der Waals surface area (Å²) in [7, 11) is 0. The Labute approximate surface area is 113 Å². The molecule has 0 bridgehead atoms. The summed E-state index contributed by atoms with van der Waals surface area (Å²) in [5.74, 6) is -1.52. The van der Waals surface area contributed by atoms with Crippen molar-refractivity contribution in [3.8, 4) is 6.07 Å². The van der Waals surface area contributed by atoms with E-state index in [1.54, 1.807) is 0 Å². The maximum atomic E-state index is 12.4. The van der Waals surface area contributed by atoms with Crippen molar-refractivity contribution in [3.63, 3.8) is 0 Å². The van der Waals surface area contributed by atoms with Crippen LogP contribution in [0.2, 0.25) is 0 Å². The Morgan fingerprint density at radius 3 is 2.35 bits per heavy atom. The third-order valence-corrected chi connectivity index (χ3v) is 2.66. The number of nitriles is 1. The zero-order valence-electron chi connectivity index (χ0n) is 10.6. The van der Waals surface area contributed by atoms with Crippen LogP contribution in [0.3, 0.4) is 0 Å². The van der Waals surface area contributed by atoms with Crippen molar-refractivity contribution >= 4 is 12.0 Å². The number of nitrogens with zero attached hydrogens (tertiary/aromatic N) is 3. The summed E-state index contributed by atoms with van der Waals surface area (Å²) in [6.07, 6.45) is -3.36. The molecule has 1 rings (SSSR count). The average molecular weight is 293 g/mol. The molecule has 0 spiro atoms. The van der Waals surface area contributed by atoms with Gasteiger partial charge < -0.3 is 14.9 Å². The van der Waals surface area contributed by atoms with Crippen molar-refractivity contribution in [1.82, 2.24) is 9.80 Å². The molecule has 1 N–H and O–H groups in total. The molecule has 0 unspecified atom stereocenters. The molecule has 0 aromatic heterocycles. The second-order valence-corrected chi connectivity index (χ2v) is 4.48. The highest BCUT2D eigenvalue weighted by Gasteiger charge is 2.39. The molecule has 1 saturated carbocycles. The number of amides is 2. The number of carboxylic acid groups (broad SMARTS) is 1. The molecule has 1 aliphatic rings. The van der Waals surface area contributed by atoms with Gasteiger partial charge >= 0.3 is 18.2 Å². The lowest BCUT2D eigenvalue weighted by Gasteiger charge is -2.29. The average Bonchev–Trinajstić information content (AvgIpc) is 3.10. The van der Waals surface area contributed by atoms with Crippen LogP contribution in [0.1, 0.15) is 19.3 Å². The van der Waals surface area contributed by atoms with E-state index in [4.69, 9.17) is 10.4 Å². The Kier molecular flexibility index (Phi) is 5.19. The molecule has 2 amide bonds. The summed E-state index contributed by atoms with van der Waals surface area (Å²) >= 11 is 0. The molecule has 0 aromatic carbocycles. The molecule has 0 aromatic rings. The number of carbonyl (C=O) groups is 2. The van der Waals surface area contributed by atoms with Gasteiger partial charge in [0.2, 0.25) is 0 Å². The minimum atomic E-state index is -4.67. The fourth-order valence-electron chi connectivity index (χ4n) is 1.74. The van der Waals surface area contributed by atoms with Crippen LogP contribution >= 0.6 is 0 Å². The lowest BCUT2D eigenvalue weighted by atomic mass is 10.3. The second-order valence-electron chi connectivity index (χ2n) is 4.48. The van der Waals surface area contributed by atoms with Crippen molar-refractivity contribution in [2.75, 3.05) is 19.6 Å². The lowest BCUT2D eigenvalue weighted by molar-refractivity contribution is -0.149. The van der Waals surface area contributed by atoms with Crippen LogP contribution in [0.15, 0.2) is 0 Å². The number of hydrogen-bond acceptors (Lipinski definition) is 3. The molecule has 0 aliphatic heterocycles. The highest BCUT2D eigenvalue weighted by molar-refractivity contribution is 5.80. The molecular formula is C11H14F3N3O3. The number of aliphatic carboxylic acids is 1. The first kappa shape index (κ1) is 16.1. The van der Waals surface area contributed by atoms with Crippen molar-refractivity contribution in [2.24, 2.45) is 0 Å². The summed E-state index contributed by atoms with van der Waals surface area (Å²) in [4.78, 5) is 24.0. The first-order valence-corrected chi connectivity index (χ1v) is 5.95. The van der Waals surface area contributed by atoms with Gasteiger partial charge in [-0.05, 0) is 12.8 Å². The van der Waals surface area contributed by atoms with E-state index in [-0.39, 0.29) is 23.9 Å². The molecular weight excluding hydrogens is 279 g/mol. The zero-order chi connectivity index (χ0) is 15.3. The van der Waals surface area contributed by atoms with Crippen molar-refractivity contribution in [1.29, 1.82) is 5.26 Å². The lowest BCUT2D eigenvalue weighted by Crippen LogP contribution is -2.49. The maximum absolute atomic E-state index is 12.4. The third kappa shape index (κ3) is 5.34. The number of hydrogen-bond donors (Lipinski definition) is 1. The van der Waals surface area contributed by atoms with Gasteiger partial charge in [-0.2, -0.15) is 18.4 Å². The van der Waals surface area contributed by atoms with E-state index < -0.39 is 31.3 Å². The first-order valence-electron chi connectivity index (χ1n) is 5.95. The SMILES string of the molecule is N#CCCN(C(=O)N(CC(=O)O)CC(F)(F)F)C1CC1. The van der Waals surface area contributed by atoms with Gasteiger partial charge in [0, 0.05) is 12.6 Å². The van der Waals surface area contributed by atoms with Gasteiger partial charge in [0.05, 0.1) is 12.5 Å². The molecule has 9 heteroatoms. The molecule has 1 aliphatic carbocycles. The molecule has 0 saturated heterocycles. The summed E-state index contributed by atoms with van der Waals surface area (Å²) < 4.78 is 37.2. The number of carbonyl (C=O) groups excluding carboxylic acids is 1. The molecule has 0 radical (unpaired) electrons. The minimum Gasteiger partial charge on any atom is -0.480 e. The normalized spacial score (nSPS) is 14.5. The van der Waals surface area contributed by atoms with Crippen LogP contribution in [-0.4, -0.2) is 58.8 Å². The zero-order valence-corrected chi connectivity index (χ0v) is 10.6. The van der Waals surface area contributed by atoms with Crippen molar-refractivity contribution in [2.45, 2.75) is 31.5 Å². The van der Waals surface area contributed by atoms with Crippen LogP contribution in [0, 0.1) is 11.3 Å². The maximum Gasteiger partial charge on any atom is 0.406 e. The van der Waals surface area contributed by atoms with E-state index in [0.29, 0.717) is 12.8 Å². The van der Waals surface area contributed by atoms with E-state index in [1.807, 2.05) is 6.07 Å². The van der Waals surface area contributed by atoms with E-state index in [0.717, 1.165) is 4.90 Å². The molecule has 6 nitrogen and oxygen atoms in total. The Hall–Kier alpha value is -1.98. The monoisotopic (exact) mass is 293 g/mol. The second kappa shape index (κ2) is 6.45. The van der Waals surface area contributed by atoms with Gasteiger partial charge in [-0.1, -0.05) is 0 Å². The molecule has 1 fully saturated rings. The van der Waals surface area contributed by atoms with E-state index >= 15 is 0 Å². The Bertz CT molecular complexity index is 415. The van der Waals surface area contributed by atoms with E-state index in [9.17, 15) is 22.8 Å². The van der Waals surface area contributed by atoms with E-state index in [1.165, 1.54) is 0 Å². The van der Waals surface area contributed by atoms with Gasteiger partial charge in [0.25, 0.3) is 0 Å². The Balaban J connectivity index is 2.78.